The number of nitrogens with zero attached hydrogens (tertiary/aromatic N) is 1. The lowest BCUT2D eigenvalue weighted by molar-refractivity contribution is -0.137. The van der Waals surface area contributed by atoms with Crippen LogP contribution in [0.5, 0.6) is 5.75 Å². The molecule has 5 rings (SSSR count). The van der Waals surface area contributed by atoms with Gasteiger partial charge in [-0.2, -0.15) is 13.2 Å². The normalized spacial score (nSPS) is 20.2. The molecule has 0 saturated carbocycles. The minimum atomic E-state index is -4.46. The van der Waals surface area contributed by atoms with Gasteiger partial charge in [0.2, 0.25) is 0 Å². The summed E-state index contributed by atoms with van der Waals surface area (Å²) >= 11 is 1.19. The van der Waals surface area contributed by atoms with Crippen LogP contribution in [0.15, 0.2) is 58.9 Å². The van der Waals surface area contributed by atoms with Gasteiger partial charge in [-0.1, -0.05) is 12.1 Å². The van der Waals surface area contributed by atoms with E-state index in [1.807, 2.05) is 13.0 Å². The van der Waals surface area contributed by atoms with E-state index < -0.39 is 27.4 Å². The van der Waals surface area contributed by atoms with Crippen molar-refractivity contribution in [2.45, 2.75) is 49.3 Å². The summed E-state index contributed by atoms with van der Waals surface area (Å²) in [6.45, 7) is 3.16. The van der Waals surface area contributed by atoms with Crippen LogP contribution in [0.3, 0.4) is 0 Å². The van der Waals surface area contributed by atoms with Gasteiger partial charge in [0.1, 0.15) is 11.4 Å². The standard InChI is InChI=1S/C26H26F3N3O3S2/c1-25(35-23-7-4-19(26(27,28)29)16-21(23)17-8-11-30-12-9-17)10-2-3-18-15-20(5-6-22(18)25)37(33,34)32-24-31-13-14-36-24/h4-8,13-16,30H,2-3,9-12H2,1H3,(H,31,32). The fourth-order valence-corrected chi connectivity index (χ4v) is 6.76. The van der Waals surface area contributed by atoms with Gasteiger partial charge < -0.3 is 10.1 Å². The van der Waals surface area contributed by atoms with E-state index in [9.17, 15) is 21.6 Å². The Labute approximate surface area is 217 Å². The Morgan fingerprint density at radius 2 is 2.00 bits per heavy atom. The maximum absolute atomic E-state index is 13.5. The van der Waals surface area contributed by atoms with Crippen LogP contribution in [0.4, 0.5) is 18.3 Å². The third-order valence-electron chi connectivity index (χ3n) is 6.76. The number of sulfonamides is 1. The first-order valence-electron chi connectivity index (χ1n) is 11.9. The second-order valence-electron chi connectivity index (χ2n) is 9.34. The molecule has 0 fully saturated rings. The predicted octanol–water partition coefficient (Wildman–Crippen LogP) is 5.97. The molecule has 6 nitrogen and oxygen atoms in total. The number of ether oxygens (including phenoxy) is 1. The van der Waals surface area contributed by atoms with E-state index in [1.54, 1.807) is 17.5 Å². The minimum absolute atomic E-state index is 0.126. The number of aromatic nitrogens is 1. The lowest BCUT2D eigenvalue weighted by Crippen LogP contribution is -2.34. The molecule has 0 spiro atoms. The molecule has 0 amide bonds. The van der Waals surface area contributed by atoms with Gasteiger partial charge in [0.25, 0.3) is 10.0 Å². The van der Waals surface area contributed by atoms with Crippen molar-refractivity contribution < 1.29 is 26.3 Å². The zero-order chi connectivity index (χ0) is 26.3. The number of fused-ring (bicyclic) bond motifs is 1. The van der Waals surface area contributed by atoms with Gasteiger partial charge in [0.05, 0.1) is 10.5 Å². The van der Waals surface area contributed by atoms with E-state index in [-0.39, 0.29) is 10.0 Å². The van der Waals surface area contributed by atoms with Crippen molar-refractivity contribution in [3.63, 3.8) is 0 Å². The molecule has 1 unspecified atom stereocenters. The van der Waals surface area contributed by atoms with E-state index in [1.165, 1.54) is 35.7 Å². The third-order valence-corrected chi connectivity index (χ3v) is 8.92. The summed E-state index contributed by atoms with van der Waals surface area (Å²) in [5.41, 5.74) is 1.37. The summed E-state index contributed by atoms with van der Waals surface area (Å²) in [6, 6.07) is 8.54. The van der Waals surface area contributed by atoms with Crippen molar-refractivity contribution >= 4 is 32.1 Å². The van der Waals surface area contributed by atoms with Gasteiger partial charge in [-0.15, -0.1) is 11.3 Å². The number of halogens is 3. The molecular formula is C26H26F3N3O3S2. The van der Waals surface area contributed by atoms with Crippen LogP contribution in [0.1, 0.15) is 48.4 Å². The zero-order valence-electron chi connectivity index (χ0n) is 20.1. The molecule has 196 valence electrons. The lowest BCUT2D eigenvalue weighted by atomic mass is 9.80. The summed E-state index contributed by atoms with van der Waals surface area (Å²) in [7, 11) is -3.82. The monoisotopic (exact) mass is 549 g/mol. The molecule has 11 heteroatoms. The maximum Gasteiger partial charge on any atom is 0.416 e. The van der Waals surface area contributed by atoms with Gasteiger partial charge in [-0.3, -0.25) is 4.72 Å². The van der Waals surface area contributed by atoms with Gasteiger partial charge in [-0.05, 0) is 86.2 Å². The Bertz CT molecular complexity index is 1440. The summed E-state index contributed by atoms with van der Waals surface area (Å²) in [6.07, 6.45) is 1.61. The number of hydrogen-bond acceptors (Lipinski definition) is 6. The first-order valence-corrected chi connectivity index (χ1v) is 14.3. The van der Waals surface area contributed by atoms with E-state index in [2.05, 4.69) is 15.0 Å². The molecule has 2 aliphatic rings. The number of nitrogens with one attached hydrogen (secondary N) is 2. The maximum atomic E-state index is 13.5. The predicted molar refractivity (Wildman–Crippen MR) is 137 cm³/mol. The molecule has 37 heavy (non-hydrogen) atoms. The first-order chi connectivity index (χ1) is 17.6. The average molecular weight is 550 g/mol. The Kier molecular flexibility index (Phi) is 6.80. The van der Waals surface area contributed by atoms with Gasteiger partial charge in [0.15, 0.2) is 5.13 Å². The zero-order valence-corrected chi connectivity index (χ0v) is 21.7. The van der Waals surface area contributed by atoms with Crippen molar-refractivity contribution in [3.05, 3.63) is 76.3 Å². The van der Waals surface area contributed by atoms with Crippen LogP contribution in [-0.2, 0) is 28.2 Å². The number of aryl methyl sites for hydroxylation is 1. The van der Waals surface area contributed by atoms with Crippen molar-refractivity contribution in [2.75, 3.05) is 17.8 Å². The van der Waals surface area contributed by atoms with Crippen molar-refractivity contribution in [1.29, 1.82) is 0 Å². The molecule has 1 aromatic heterocycles. The highest BCUT2D eigenvalue weighted by Crippen LogP contribution is 2.43. The molecule has 1 aliphatic carbocycles. The highest BCUT2D eigenvalue weighted by Gasteiger charge is 2.37. The fourth-order valence-electron chi connectivity index (χ4n) is 4.92. The van der Waals surface area contributed by atoms with Gasteiger partial charge in [0, 0.05) is 23.7 Å². The highest BCUT2D eigenvalue weighted by molar-refractivity contribution is 7.93. The van der Waals surface area contributed by atoms with E-state index in [0.717, 1.165) is 29.2 Å². The van der Waals surface area contributed by atoms with Crippen LogP contribution >= 0.6 is 11.3 Å². The second-order valence-corrected chi connectivity index (χ2v) is 11.9. The molecule has 1 aliphatic heterocycles. The molecule has 1 atom stereocenters. The largest absolute Gasteiger partial charge is 0.482 e. The van der Waals surface area contributed by atoms with Crippen molar-refractivity contribution in [1.82, 2.24) is 10.3 Å². The van der Waals surface area contributed by atoms with Crippen molar-refractivity contribution in [3.8, 4) is 5.75 Å². The number of thiazole rings is 1. The van der Waals surface area contributed by atoms with E-state index in [0.29, 0.717) is 43.7 Å². The molecule has 2 N–H and O–H groups in total. The Balaban J connectivity index is 1.50. The molecule has 0 bridgehead atoms. The molecule has 0 saturated heterocycles. The van der Waals surface area contributed by atoms with Crippen LogP contribution < -0.4 is 14.8 Å². The summed E-state index contributed by atoms with van der Waals surface area (Å²) in [5.74, 6) is 0.388. The van der Waals surface area contributed by atoms with E-state index in [4.69, 9.17) is 4.74 Å². The average Bonchev–Trinajstić information content (AvgIpc) is 3.36. The molecule has 2 heterocycles. The van der Waals surface area contributed by atoms with Gasteiger partial charge >= 0.3 is 6.18 Å². The Hall–Kier alpha value is -2.89. The number of rotatable bonds is 6. The quantitative estimate of drug-likeness (QED) is 0.396. The van der Waals surface area contributed by atoms with Gasteiger partial charge in [-0.25, -0.2) is 13.4 Å². The lowest BCUT2D eigenvalue weighted by Gasteiger charge is -2.37. The highest BCUT2D eigenvalue weighted by atomic mass is 32.2. The summed E-state index contributed by atoms with van der Waals surface area (Å²) < 4.78 is 75.4. The minimum Gasteiger partial charge on any atom is -0.482 e. The Morgan fingerprint density at radius 1 is 1.16 bits per heavy atom. The Morgan fingerprint density at radius 3 is 2.70 bits per heavy atom. The smallest absolute Gasteiger partial charge is 0.416 e. The molecule has 0 radical (unpaired) electrons. The molecule has 2 aromatic carbocycles. The van der Waals surface area contributed by atoms with Crippen LogP contribution in [0.25, 0.3) is 5.57 Å². The third kappa shape index (κ3) is 5.39. The number of anilines is 1. The summed E-state index contributed by atoms with van der Waals surface area (Å²) in [5, 5.41) is 5.15. The SMILES string of the molecule is CC1(Oc2ccc(C(F)(F)F)cc2C2=CCNCC2)CCCc2cc(S(=O)(=O)Nc3nccs3)ccc21. The van der Waals surface area contributed by atoms with Crippen LogP contribution in [0.2, 0.25) is 0 Å². The number of hydrogen-bond donors (Lipinski definition) is 2. The molecule has 3 aromatic rings. The van der Waals surface area contributed by atoms with E-state index >= 15 is 0 Å². The van der Waals surface area contributed by atoms with Crippen LogP contribution in [0, 0.1) is 0 Å². The first kappa shape index (κ1) is 25.7. The van der Waals surface area contributed by atoms with Crippen LogP contribution in [-0.4, -0.2) is 26.5 Å². The number of benzene rings is 2. The molecular weight excluding hydrogens is 523 g/mol. The van der Waals surface area contributed by atoms with Crippen molar-refractivity contribution in [2.24, 2.45) is 0 Å². The second kappa shape index (κ2) is 9.77. The summed E-state index contributed by atoms with van der Waals surface area (Å²) in [4.78, 5) is 4.11. The fraction of sp³-hybridized carbons (Fsp3) is 0.346. The number of alkyl halides is 3. The topological polar surface area (TPSA) is 80.3 Å².